The zero-order valence-corrected chi connectivity index (χ0v) is 10.6. The van der Waals surface area contributed by atoms with Crippen LogP contribution in [0.1, 0.15) is 38.5 Å². The number of hydrogen-bond donors (Lipinski definition) is 0. The molecular weight excluding hydrogens is 220 g/mol. The minimum atomic E-state index is 0. The summed E-state index contributed by atoms with van der Waals surface area (Å²) in [5, 5.41) is 0. The summed E-state index contributed by atoms with van der Waals surface area (Å²) >= 11 is 0. The van der Waals surface area contributed by atoms with Crippen molar-refractivity contribution in [2.45, 2.75) is 44.1 Å². The maximum atomic E-state index is 4.42. The lowest BCUT2D eigenvalue weighted by Crippen LogP contribution is -2.59. The van der Waals surface area contributed by atoms with Gasteiger partial charge in [0.2, 0.25) is 0 Å². The van der Waals surface area contributed by atoms with Crippen LogP contribution >= 0.6 is 12.4 Å². The highest BCUT2D eigenvalue weighted by atomic mass is 35.5. The van der Waals surface area contributed by atoms with Gasteiger partial charge < -0.3 is 4.90 Å². The largest absolute Gasteiger partial charge is 0.355 e. The molecule has 0 radical (unpaired) electrons. The molecule has 5 rings (SSSR count). The quantitative estimate of drug-likeness (QED) is 0.688. The SMILES string of the molecule is C1=NCCN1C12CC3CC(CC(C3)C1)C2.Cl. The fraction of sp³-hybridized carbons (Fsp3) is 0.923. The Labute approximate surface area is 104 Å². The van der Waals surface area contributed by atoms with E-state index in [9.17, 15) is 0 Å². The van der Waals surface area contributed by atoms with Crippen molar-refractivity contribution in [3.8, 4) is 0 Å². The van der Waals surface area contributed by atoms with Crippen LogP contribution in [-0.4, -0.2) is 29.9 Å². The van der Waals surface area contributed by atoms with Crippen LogP contribution in [0.25, 0.3) is 0 Å². The summed E-state index contributed by atoms with van der Waals surface area (Å²) in [7, 11) is 0. The topological polar surface area (TPSA) is 15.6 Å². The van der Waals surface area contributed by atoms with E-state index in [2.05, 4.69) is 16.2 Å². The highest BCUT2D eigenvalue weighted by Gasteiger charge is 2.53. The highest BCUT2D eigenvalue weighted by molar-refractivity contribution is 5.85. The van der Waals surface area contributed by atoms with Crippen LogP contribution in [0.3, 0.4) is 0 Å². The van der Waals surface area contributed by atoms with E-state index in [0.717, 1.165) is 24.3 Å². The van der Waals surface area contributed by atoms with Gasteiger partial charge in [-0.25, -0.2) is 0 Å². The summed E-state index contributed by atoms with van der Waals surface area (Å²) in [4.78, 5) is 7.03. The van der Waals surface area contributed by atoms with Crippen LogP contribution in [0.4, 0.5) is 0 Å². The Morgan fingerprint density at radius 2 is 1.56 bits per heavy atom. The molecular formula is C13H21ClN2. The van der Waals surface area contributed by atoms with Gasteiger partial charge in [-0.1, -0.05) is 0 Å². The van der Waals surface area contributed by atoms with Crippen molar-refractivity contribution in [1.29, 1.82) is 0 Å². The van der Waals surface area contributed by atoms with Crippen molar-refractivity contribution in [2.24, 2.45) is 22.7 Å². The van der Waals surface area contributed by atoms with Crippen LogP contribution in [0.5, 0.6) is 0 Å². The van der Waals surface area contributed by atoms with Crippen molar-refractivity contribution >= 4 is 18.7 Å². The standard InChI is InChI=1S/C13H20N2.ClH/c1-2-15(9-14-1)13-6-10-3-11(7-13)5-12(4-10)8-13;/h9-12H,1-8H2;1H. The second-order valence-electron chi connectivity index (χ2n) is 6.36. The summed E-state index contributed by atoms with van der Waals surface area (Å²) in [6.45, 7) is 2.24. The molecule has 90 valence electrons. The molecule has 0 spiro atoms. The number of nitrogens with zero attached hydrogens (tertiary/aromatic N) is 2. The third-order valence-corrected chi connectivity index (χ3v) is 5.31. The molecule has 0 unspecified atom stereocenters. The molecule has 0 amide bonds. The van der Waals surface area contributed by atoms with E-state index in [1.165, 1.54) is 25.8 Å². The molecule has 16 heavy (non-hydrogen) atoms. The third-order valence-electron chi connectivity index (χ3n) is 5.31. The van der Waals surface area contributed by atoms with Crippen molar-refractivity contribution in [3.05, 3.63) is 0 Å². The number of rotatable bonds is 1. The lowest BCUT2D eigenvalue weighted by molar-refractivity contribution is -0.0573. The maximum Gasteiger partial charge on any atom is 0.0855 e. The summed E-state index contributed by atoms with van der Waals surface area (Å²) in [5.74, 6) is 3.18. The maximum absolute atomic E-state index is 4.42. The number of halogens is 1. The van der Waals surface area contributed by atoms with Crippen LogP contribution in [0.2, 0.25) is 0 Å². The third kappa shape index (κ3) is 1.42. The van der Waals surface area contributed by atoms with Gasteiger partial charge in [-0.3, -0.25) is 4.99 Å². The summed E-state index contributed by atoms with van der Waals surface area (Å²) < 4.78 is 0. The zero-order chi connectivity index (χ0) is 9.88. The van der Waals surface area contributed by atoms with Gasteiger partial charge in [-0.05, 0) is 56.3 Å². The van der Waals surface area contributed by atoms with Gasteiger partial charge in [0.25, 0.3) is 0 Å². The second-order valence-corrected chi connectivity index (χ2v) is 6.36. The van der Waals surface area contributed by atoms with Crippen molar-refractivity contribution in [3.63, 3.8) is 0 Å². The molecule has 4 aliphatic carbocycles. The first-order chi connectivity index (χ1) is 7.34. The normalized spacial score (nSPS) is 48.5. The molecule has 4 fully saturated rings. The van der Waals surface area contributed by atoms with Crippen molar-refractivity contribution in [1.82, 2.24) is 4.90 Å². The molecule has 0 saturated heterocycles. The van der Waals surface area contributed by atoms with E-state index in [-0.39, 0.29) is 12.4 Å². The Hall–Kier alpha value is -0.240. The average molecular weight is 241 g/mol. The molecule has 0 aromatic rings. The van der Waals surface area contributed by atoms with Crippen molar-refractivity contribution < 1.29 is 0 Å². The lowest BCUT2D eigenvalue weighted by Gasteiger charge is -2.59. The van der Waals surface area contributed by atoms with Crippen molar-refractivity contribution in [2.75, 3.05) is 13.1 Å². The van der Waals surface area contributed by atoms with E-state index in [4.69, 9.17) is 0 Å². The predicted molar refractivity (Wildman–Crippen MR) is 68.2 cm³/mol. The Kier molecular flexibility index (Phi) is 2.47. The second kappa shape index (κ2) is 3.63. The fourth-order valence-electron chi connectivity index (χ4n) is 5.16. The van der Waals surface area contributed by atoms with Gasteiger partial charge in [-0.15, -0.1) is 12.4 Å². The minimum Gasteiger partial charge on any atom is -0.355 e. The first-order valence-electron chi connectivity index (χ1n) is 6.61. The number of hydrogen-bond acceptors (Lipinski definition) is 2. The van der Waals surface area contributed by atoms with Gasteiger partial charge in [0.1, 0.15) is 0 Å². The van der Waals surface area contributed by atoms with Gasteiger partial charge >= 0.3 is 0 Å². The predicted octanol–water partition coefficient (Wildman–Crippen LogP) is 2.72. The van der Waals surface area contributed by atoms with Crippen LogP contribution in [0, 0.1) is 17.8 Å². The van der Waals surface area contributed by atoms with E-state index in [0.29, 0.717) is 5.54 Å². The molecule has 5 aliphatic rings. The molecule has 3 heteroatoms. The smallest absolute Gasteiger partial charge is 0.0855 e. The minimum absolute atomic E-state index is 0. The van der Waals surface area contributed by atoms with Crippen LogP contribution in [-0.2, 0) is 0 Å². The Balaban J connectivity index is 0.000000810. The van der Waals surface area contributed by atoms with E-state index in [1.54, 1.807) is 19.3 Å². The lowest BCUT2D eigenvalue weighted by atomic mass is 9.52. The molecule has 0 N–H and O–H groups in total. The fourth-order valence-corrected chi connectivity index (χ4v) is 5.16. The molecule has 0 aromatic heterocycles. The van der Waals surface area contributed by atoms with Crippen LogP contribution < -0.4 is 0 Å². The first-order valence-corrected chi connectivity index (χ1v) is 6.61. The van der Waals surface area contributed by atoms with Gasteiger partial charge in [-0.2, -0.15) is 0 Å². The van der Waals surface area contributed by atoms with E-state index in [1.807, 2.05) is 0 Å². The molecule has 2 nitrogen and oxygen atoms in total. The van der Waals surface area contributed by atoms with Gasteiger partial charge in [0.05, 0.1) is 12.9 Å². The molecule has 1 heterocycles. The Morgan fingerprint density at radius 3 is 2.00 bits per heavy atom. The molecule has 1 aliphatic heterocycles. The van der Waals surface area contributed by atoms with Gasteiger partial charge in [0, 0.05) is 12.1 Å². The monoisotopic (exact) mass is 240 g/mol. The molecule has 0 atom stereocenters. The summed E-state index contributed by atoms with van der Waals surface area (Å²) in [6.07, 6.45) is 11.2. The highest BCUT2D eigenvalue weighted by Crippen LogP contribution is 2.57. The van der Waals surface area contributed by atoms with E-state index < -0.39 is 0 Å². The molecule has 4 saturated carbocycles. The average Bonchev–Trinajstić information content (AvgIpc) is 2.67. The summed E-state index contributed by atoms with van der Waals surface area (Å²) in [6, 6.07) is 0. The van der Waals surface area contributed by atoms with Gasteiger partial charge in [0.15, 0.2) is 0 Å². The first kappa shape index (κ1) is 10.9. The Bertz CT molecular complexity index is 278. The zero-order valence-electron chi connectivity index (χ0n) is 9.77. The van der Waals surface area contributed by atoms with Crippen LogP contribution in [0.15, 0.2) is 4.99 Å². The Morgan fingerprint density at radius 1 is 1.00 bits per heavy atom. The molecule has 0 aromatic carbocycles. The molecule has 4 bridgehead atoms. The number of aliphatic imine (C=N–C) groups is 1. The van der Waals surface area contributed by atoms with E-state index >= 15 is 0 Å². The summed E-state index contributed by atoms with van der Waals surface area (Å²) in [5.41, 5.74) is 0.564.